The van der Waals surface area contributed by atoms with Crippen LogP contribution in [0.3, 0.4) is 0 Å². The molecular formula is C22H19F3N4O3. The summed E-state index contributed by atoms with van der Waals surface area (Å²) in [6.07, 6.45) is 3.01. The Morgan fingerprint density at radius 1 is 1.19 bits per heavy atom. The number of carbonyl (C=O) groups is 1. The lowest BCUT2D eigenvalue weighted by Gasteiger charge is -2.16. The third kappa shape index (κ3) is 4.48. The van der Waals surface area contributed by atoms with Gasteiger partial charge in [0.1, 0.15) is 18.5 Å². The van der Waals surface area contributed by atoms with Crippen molar-refractivity contribution >= 4 is 11.6 Å². The number of amides is 1. The summed E-state index contributed by atoms with van der Waals surface area (Å²) in [6.45, 7) is 0.253. The molecule has 3 aromatic heterocycles. The Labute approximate surface area is 181 Å². The maximum Gasteiger partial charge on any atom is 0.387 e. The van der Waals surface area contributed by atoms with E-state index in [1.165, 1.54) is 36.5 Å². The van der Waals surface area contributed by atoms with Crippen LogP contribution in [-0.2, 0) is 6.54 Å². The second-order valence-electron chi connectivity index (χ2n) is 7.27. The Bertz CT molecular complexity index is 1160. The lowest BCUT2D eigenvalue weighted by molar-refractivity contribution is -0.0500. The molecule has 1 aliphatic heterocycles. The zero-order valence-corrected chi connectivity index (χ0v) is 17.3. The monoisotopic (exact) mass is 444 g/mol. The van der Waals surface area contributed by atoms with Gasteiger partial charge in [-0.1, -0.05) is 0 Å². The van der Waals surface area contributed by atoms with Crippen LogP contribution in [-0.4, -0.2) is 40.2 Å². The molecule has 3 aromatic rings. The molecule has 1 unspecified atom stereocenters. The number of halogens is 3. The van der Waals surface area contributed by atoms with Crippen LogP contribution in [0, 0.1) is 6.92 Å². The number of nitrogens with zero attached hydrogens (tertiary/aromatic N) is 4. The molecule has 32 heavy (non-hydrogen) atoms. The Morgan fingerprint density at radius 3 is 2.75 bits per heavy atom. The maximum absolute atomic E-state index is 13.1. The van der Waals surface area contributed by atoms with Crippen molar-refractivity contribution in [2.45, 2.75) is 33.2 Å². The van der Waals surface area contributed by atoms with E-state index in [0.29, 0.717) is 33.8 Å². The minimum atomic E-state index is -2.96. The van der Waals surface area contributed by atoms with Crippen LogP contribution < -0.4 is 14.4 Å². The van der Waals surface area contributed by atoms with Crippen LogP contribution in [0.25, 0.3) is 11.3 Å². The number of fused-ring (bicyclic) bond motifs is 1. The van der Waals surface area contributed by atoms with Crippen molar-refractivity contribution in [1.29, 1.82) is 0 Å². The number of rotatable bonds is 7. The summed E-state index contributed by atoms with van der Waals surface area (Å²) < 4.78 is 47.8. The van der Waals surface area contributed by atoms with Gasteiger partial charge >= 0.3 is 6.61 Å². The molecule has 166 valence electrons. The van der Waals surface area contributed by atoms with E-state index < -0.39 is 12.8 Å². The molecule has 0 fully saturated rings. The quantitative estimate of drug-likeness (QED) is 0.539. The zero-order valence-electron chi connectivity index (χ0n) is 17.3. The van der Waals surface area contributed by atoms with Crippen molar-refractivity contribution in [3.05, 3.63) is 59.7 Å². The number of hydrogen-bond acceptors (Lipinski definition) is 6. The number of anilines is 1. The van der Waals surface area contributed by atoms with Crippen LogP contribution >= 0.6 is 0 Å². The summed E-state index contributed by atoms with van der Waals surface area (Å²) in [6, 6.07) is 6.34. The first-order chi connectivity index (χ1) is 15.3. The minimum Gasteiger partial charge on any atom is -0.475 e. The molecule has 10 heteroatoms. The lowest BCUT2D eigenvalue weighted by atomic mass is 10.1. The van der Waals surface area contributed by atoms with Crippen LogP contribution in [0.15, 0.2) is 42.9 Å². The predicted octanol–water partition coefficient (Wildman–Crippen LogP) is 4.35. The first-order valence-corrected chi connectivity index (χ1v) is 9.77. The number of aryl methyl sites for hydroxylation is 1. The first kappa shape index (κ1) is 21.5. The number of alkyl halides is 3. The molecule has 0 radical (unpaired) electrons. The van der Waals surface area contributed by atoms with E-state index in [1.54, 1.807) is 25.1 Å². The Balaban J connectivity index is 1.62. The topological polar surface area (TPSA) is 77.4 Å². The van der Waals surface area contributed by atoms with E-state index in [4.69, 9.17) is 4.74 Å². The second kappa shape index (κ2) is 8.81. The highest BCUT2D eigenvalue weighted by Crippen LogP contribution is 2.33. The van der Waals surface area contributed by atoms with E-state index in [-0.39, 0.29) is 30.7 Å². The highest BCUT2D eigenvalue weighted by Gasteiger charge is 2.32. The molecule has 0 saturated heterocycles. The van der Waals surface area contributed by atoms with Gasteiger partial charge in [-0.25, -0.2) is 9.37 Å². The van der Waals surface area contributed by atoms with Crippen LogP contribution in [0.2, 0.25) is 0 Å². The number of pyridine rings is 3. The fourth-order valence-electron chi connectivity index (χ4n) is 3.43. The van der Waals surface area contributed by atoms with Gasteiger partial charge in [-0.3, -0.25) is 14.8 Å². The minimum absolute atomic E-state index is 0.0814. The number of aromatic nitrogens is 3. The van der Waals surface area contributed by atoms with Crippen molar-refractivity contribution in [2.75, 3.05) is 11.5 Å². The molecule has 0 spiro atoms. The SMILES string of the molecule is Cc1cc(-c2cncc(OC(F)F)c2)nc2c1C(=O)N(c1ccnc(OCC(C)F)c1)C2. The van der Waals surface area contributed by atoms with Gasteiger partial charge in [0, 0.05) is 24.0 Å². The van der Waals surface area contributed by atoms with Gasteiger partial charge in [-0.15, -0.1) is 0 Å². The van der Waals surface area contributed by atoms with Gasteiger partial charge in [0.2, 0.25) is 5.88 Å². The predicted molar refractivity (Wildman–Crippen MR) is 110 cm³/mol. The van der Waals surface area contributed by atoms with E-state index in [9.17, 15) is 18.0 Å². The van der Waals surface area contributed by atoms with Crippen molar-refractivity contribution in [3.63, 3.8) is 0 Å². The Hall–Kier alpha value is -3.69. The van der Waals surface area contributed by atoms with Gasteiger partial charge in [0.15, 0.2) is 0 Å². The van der Waals surface area contributed by atoms with Crippen molar-refractivity contribution in [1.82, 2.24) is 15.0 Å². The summed E-state index contributed by atoms with van der Waals surface area (Å²) in [5, 5.41) is 0. The standard InChI is InChI=1S/C22H19F3N4O3/c1-12-5-17(14-6-16(9-26-8-14)32-22(24)25)28-18-10-29(21(30)20(12)18)15-3-4-27-19(7-15)31-11-13(2)23/h3-9,13,22H,10-11H2,1-2H3. The largest absolute Gasteiger partial charge is 0.475 e. The lowest BCUT2D eigenvalue weighted by Crippen LogP contribution is -2.23. The van der Waals surface area contributed by atoms with Gasteiger partial charge in [0.05, 0.1) is 35.4 Å². The molecule has 0 aliphatic carbocycles. The third-order valence-corrected chi connectivity index (χ3v) is 4.78. The van der Waals surface area contributed by atoms with E-state index >= 15 is 0 Å². The van der Waals surface area contributed by atoms with Crippen molar-refractivity contribution in [2.24, 2.45) is 0 Å². The zero-order chi connectivity index (χ0) is 22.8. The maximum atomic E-state index is 13.1. The Morgan fingerprint density at radius 2 is 2.00 bits per heavy atom. The summed E-state index contributed by atoms with van der Waals surface area (Å²) >= 11 is 0. The van der Waals surface area contributed by atoms with Crippen LogP contribution in [0.4, 0.5) is 18.9 Å². The average molecular weight is 444 g/mol. The summed E-state index contributed by atoms with van der Waals surface area (Å²) in [7, 11) is 0. The molecule has 0 saturated carbocycles. The van der Waals surface area contributed by atoms with E-state index in [1.807, 2.05) is 0 Å². The van der Waals surface area contributed by atoms with Crippen LogP contribution in [0.5, 0.6) is 11.6 Å². The molecular weight excluding hydrogens is 425 g/mol. The average Bonchev–Trinajstić information content (AvgIpc) is 3.09. The molecule has 7 nitrogen and oxygen atoms in total. The fourth-order valence-corrected chi connectivity index (χ4v) is 3.43. The molecule has 0 bridgehead atoms. The van der Waals surface area contributed by atoms with Crippen LogP contribution in [0.1, 0.15) is 28.5 Å². The van der Waals surface area contributed by atoms with Crippen molar-refractivity contribution in [3.8, 4) is 22.9 Å². The second-order valence-corrected chi connectivity index (χ2v) is 7.27. The molecule has 0 aromatic carbocycles. The van der Waals surface area contributed by atoms with Gasteiger partial charge in [0.25, 0.3) is 5.91 Å². The molecule has 1 aliphatic rings. The smallest absolute Gasteiger partial charge is 0.387 e. The number of hydrogen-bond donors (Lipinski definition) is 0. The van der Waals surface area contributed by atoms with Crippen molar-refractivity contribution < 1.29 is 27.4 Å². The van der Waals surface area contributed by atoms with Gasteiger partial charge in [-0.2, -0.15) is 8.78 Å². The highest BCUT2D eigenvalue weighted by molar-refractivity contribution is 6.10. The molecule has 4 heterocycles. The van der Waals surface area contributed by atoms with E-state index in [0.717, 1.165) is 0 Å². The highest BCUT2D eigenvalue weighted by atomic mass is 19.3. The normalized spacial score (nSPS) is 13.9. The summed E-state index contributed by atoms with van der Waals surface area (Å²) in [4.78, 5) is 27.1. The number of carbonyl (C=O) groups excluding carboxylic acids is 1. The molecule has 1 atom stereocenters. The fraction of sp³-hybridized carbons (Fsp3) is 0.273. The molecule has 1 amide bonds. The first-order valence-electron chi connectivity index (χ1n) is 9.77. The molecule has 4 rings (SSSR count). The van der Waals surface area contributed by atoms with E-state index in [2.05, 4.69) is 19.7 Å². The summed E-state index contributed by atoms with van der Waals surface area (Å²) in [5.41, 5.74) is 3.22. The van der Waals surface area contributed by atoms with Gasteiger partial charge < -0.3 is 14.4 Å². The molecule has 0 N–H and O–H groups in total. The van der Waals surface area contributed by atoms with Gasteiger partial charge in [-0.05, 0) is 37.6 Å². The summed E-state index contributed by atoms with van der Waals surface area (Å²) in [5.74, 6) is -0.106. The third-order valence-electron chi connectivity index (χ3n) is 4.78. The number of ether oxygens (including phenoxy) is 2. The Kier molecular flexibility index (Phi) is 5.93.